The fourth-order valence-corrected chi connectivity index (χ4v) is 5.16. The Morgan fingerprint density at radius 1 is 0.938 bits per heavy atom. The van der Waals surface area contributed by atoms with Crippen molar-refractivity contribution in [2.24, 2.45) is 0 Å². The van der Waals surface area contributed by atoms with Crippen LogP contribution in [0.5, 0.6) is 0 Å². The van der Waals surface area contributed by atoms with Gasteiger partial charge in [-0.05, 0) is 43.7 Å². The molecule has 0 radical (unpaired) electrons. The van der Waals surface area contributed by atoms with E-state index in [2.05, 4.69) is 20.2 Å². The van der Waals surface area contributed by atoms with Crippen LogP contribution in [0.25, 0.3) is 0 Å². The highest BCUT2D eigenvalue weighted by Gasteiger charge is 2.28. The van der Waals surface area contributed by atoms with Crippen LogP contribution in [0.4, 0.5) is 21.7 Å². The molecule has 0 spiro atoms. The van der Waals surface area contributed by atoms with E-state index < -0.39 is 10.0 Å². The van der Waals surface area contributed by atoms with Crippen molar-refractivity contribution in [2.75, 3.05) is 36.4 Å². The van der Waals surface area contributed by atoms with E-state index in [-0.39, 0.29) is 11.6 Å². The third-order valence-electron chi connectivity index (χ3n) is 5.37. The van der Waals surface area contributed by atoms with Crippen LogP contribution in [0.3, 0.4) is 0 Å². The Morgan fingerprint density at radius 2 is 1.59 bits per heavy atom. The van der Waals surface area contributed by atoms with Gasteiger partial charge in [0.2, 0.25) is 10.0 Å². The van der Waals surface area contributed by atoms with Gasteiger partial charge in [0.15, 0.2) is 0 Å². The summed E-state index contributed by atoms with van der Waals surface area (Å²) < 4.78 is 40.2. The SMILES string of the molecule is Cc1ccc(Nc2cc(N3CCN(S(=O)(=O)Cc4ccc(F)cc4)CC3)nc(C)n2)cc1. The number of anilines is 3. The number of nitrogens with one attached hydrogen (secondary N) is 1. The summed E-state index contributed by atoms with van der Waals surface area (Å²) in [4.78, 5) is 11.1. The topological polar surface area (TPSA) is 78.4 Å². The van der Waals surface area contributed by atoms with Crippen LogP contribution in [0.2, 0.25) is 0 Å². The van der Waals surface area contributed by atoms with Gasteiger partial charge in [-0.25, -0.2) is 22.8 Å². The molecule has 1 aromatic heterocycles. The number of benzene rings is 2. The van der Waals surface area contributed by atoms with Gasteiger partial charge in [-0.2, -0.15) is 4.31 Å². The number of hydrogen-bond acceptors (Lipinski definition) is 6. The first-order chi connectivity index (χ1) is 15.3. The highest BCUT2D eigenvalue weighted by atomic mass is 32.2. The van der Waals surface area contributed by atoms with Crippen molar-refractivity contribution in [3.63, 3.8) is 0 Å². The molecule has 0 atom stereocenters. The second kappa shape index (κ2) is 9.22. The zero-order valence-electron chi connectivity index (χ0n) is 18.1. The van der Waals surface area contributed by atoms with E-state index in [0.717, 1.165) is 11.5 Å². The lowest BCUT2D eigenvalue weighted by atomic mass is 10.2. The predicted octanol–water partition coefficient (Wildman–Crippen LogP) is 3.63. The number of piperazine rings is 1. The van der Waals surface area contributed by atoms with E-state index in [1.165, 1.54) is 34.1 Å². The van der Waals surface area contributed by atoms with Gasteiger partial charge in [-0.3, -0.25) is 0 Å². The second-order valence-corrected chi connectivity index (χ2v) is 9.89. The zero-order valence-corrected chi connectivity index (χ0v) is 18.9. The van der Waals surface area contributed by atoms with Gasteiger partial charge in [0.05, 0.1) is 5.75 Å². The Bertz CT molecular complexity index is 1180. The van der Waals surface area contributed by atoms with E-state index >= 15 is 0 Å². The number of nitrogens with zero attached hydrogens (tertiary/aromatic N) is 4. The van der Waals surface area contributed by atoms with Crippen LogP contribution in [0, 0.1) is 19.7 Å². The molecular formula is C23H26FN5O2S. The van der Waals surface area contributed by atoms with Crippen molar-refractivity contribution >= 4 is 27.3 Å². The summed E-state index contributed by atoms with van der Waals surface area (Å²) in [5, 5.41) is 3.30. The van der Waals surface area contributed by atoms with Gasteiger partial charge in [0, 0.05) is 37.9 Å². The smallest absolute Gasteiger partial charge is 0.218 e. The van der Waals surface area contributed by atoms with Gasteiger partial charge < -0.3 is 10.2 Å². The molecule has 0 aliphatic carbocycles. The molecule has 2 aromatic carbocycles. The maximum absolute atomic E-state index is 13.1. The maximum Gasteiger partial charge on any atom is 0.218 e. The monoisotopic (exact) mass is 455 g/mol. The first-order valence-electron chi connectivity index (χ1n) is 10.5. The largest absolute Gasteiger partial charge is 0.354 e. The summed E-state index contributed by atoms with van der Waals surface area (Å²) in [6.45, 7) is 5.68. The highest BCUT2D eigenvalue weighted by Crippen LogP contribution is 2.22. The first kappa shape index (κ1) is 22.2. The van der Waals surface area contributed by atoms with Crippen molar-refractivity contribution < 1.29 is 12.8 Å². The normalized spacial score (nSPS) is 15.0. The van der Waals surface area contributed by atoms with E-state index in [1.54, 1.807) is 0 Å². The highest BCUT2D eigenvalue weighted by molar-refractivity contribution is 7.88. The molecular weight excluding hydrogens is 429 g/mol. The Labute approximate surface area is 188 Å². The predicted molar refractivity (Wildman–Crippen MR) is 124 cm³/mol. The van der Waals surface area contributed by atoms with Crippen LogP contribution in [-0.2, 0) is 15.8 Å². The quantitative estimate of drug-likeness (QED) is 0.612. The molecule has 0 amide bonds. The second-order valence-electron chi connectivity index (χ2n) is 7.92. The molecule has 1 N–H and O–H groups in total. The fourth-order valence-electron chi connectivity index (χ4n) is 3.64. The number of halogens is 1. The average molecular weight is 456 g/mol. The Morgan fingerprint density at radius 3 is 2.25 bits per heavy atom. The molecule has 1 fully saturated rings. The fraction of sp³-hybridized carbons (Fsp3) is 0.304. The average Bonchev–Trinajstić information content (AvgIpc) is 2.76. The van der Waals surface area contributed by atoms with Crippen molar-refractivity contribution in [2.45, 2.75) is 19.6 Å². The third-order valence-corrected chi connectivity index (χ3v) is 7.22. The third kappa shape index (κ3) is 5.41. The zero-order chi connectivity index (χ0) is 22.7. The lowest BCUT2D eigenvalue weighted by molar-refractivity contribution is 0.383. The summed E-state index contributed by atoms with van der Waals surface area (Å²) >= 11 is 0. The lowest BCUT2D eigenvalue weighted by Gasteiger charge is -2.34. The number of rotatable bonds is 6. The molecule has 168 valence electrons. The minimum absolute atomic E-state index is 0.134. The van der Waals surface area contributed by atoms with E-state index in [1.807, 2.05) is 44.2 Å². The number of aryl methyl sites for hydroxylation is 2. The molecule has 4 rings (SSSR count). The summed E-state index contributed by atoms with van der Waals surface area (Å²) in [5.41, 5.74) is 2.70. The van der Waals surface area contributed by atoms with Gasteiger partial charge in [-0.1, -0.05) is 29.8 Å². The molecule has 0 saturated carbocycles. The van der Waals surface area contributed by atoms with Crippen LogP contribution in [-0.4, -0.2) is 48.9 Å². The summed E-state index contributed by atoms with van der Waals surface area (Å²) in [5.74, 6) is 1.59. The summed E-state index contributed by atoms with van der Waals surface area (Å²) in [7, 11) is -3.48. The number of aromatic nitrogens is 2. The lowest BCUT2D eigenvalue weighted by Crippen LogP contribution is -2.49. The van der Waals surface area contributed by atoms with Crippen molar-refractivity contribution in [1.82, 2.24) is 14.3 Å². The van der Waals surface area contributed by atoms with Gasteiger partial charge in [-0.15, -0.1) is 0 Å². The minimum atomic E-state index is -3.48. The summed E-state index contributed by atoms with van der Waals surface area (Å²) in [6, 6.07) is 15.5. The molecule has 3 aromatic rings. The van der Waals surface area contributed by atoms with Crippen LogP contribution < -0.4 is 10.2 Å². The number of hydrogen-bond donors (Lipinski definition) is 1. The van der Waals surface area contributed by atoms with E-state index in [4.69, 9.17) is 0 Å². The molecule has 0 unspecified atom stereocenters. The van der Waals surface area contributed by atoms with Gasteiger partial charge in [0.1, 0.15) is 23.3 Å². The first-order valence-corrected chi connectivity index (χ1v) is 12.1. The van der Waals surface area contributed by atoms with Gasteiger partial charge in [0.25, 0.3) is 0 Å². The molecule has 1 aliphatic heterocycles. The Hall–Kier alpha value is -3.04. The minimum Gasteiger partial charge on any atom is -0.354 e. The molecule has 9 heteroatoms. The van der Waals surface area contributed by atoms with E-state index in [0.29, 0.717) is 43.4 Å². The molecule has 7 nitrogen and oxygen atoms in total. The molecule has 2 heterocycles. The van der Waals surface area contributed by atoms with Crippen LogP contribution in [0.15, 0.2) is 54.6 Å². The van der Waals surface area contributed by atoms with Crippen LogP contribution in [0.1, 0.15) is 17.0 Å². The molecule has 1 saturated heterocycles. The number of sulfonamides is 1. The van der Waals surface area contributed by atoms with Crippen molar-refractivity contribution in [3.8, 4) is 0 Å². The standard InChI is InChI=1S/C23H26FN5O2S/c1-17-3-9-21(10-4-17)27-22-15-23(26-18(2)25-22)28-11-13-29(14-12-28)32(30,31)16-19-5-7-20(24)8-6-19/h3-10,15H,11-14,16H2,1-2H3,(H,25,26,27). The van der Waals surface area contributed by atoms with Crippen LogP contribution >= 0.6 is 0 Å². The Balaban J connectivity index is 1.41. The summed E-state index contributed by atoms with van der Waals surface area (Å²) in [6.07, 6.45) is 0. The van der Waals surface area contributed by atoms with E-state index in [9.17, 15) is 12.8 Å². The maximum atomic E-state index is 13.1. The van der Waals surface area contributed by atoms with Gasteiger partial charge >= 0.3 is 0 Å². The molecule has 1 aliphatic rings. The van der Waals surface area contributed by atoms with Crippen molar-refractivity contribution in [3.05, 3.63) is 77.4 Å². The van der Waals surface area contributed by atoms with Crippen molar-refractivity contribution in [1.29, 1.82) is 0 Å². The molecule has 0 bridgehead atoms. The molecule has 32 heavy (non-hydrogen) atoms. The Kier molecular flexibility index (Phi) is 6.38.